The van der Waals surface area contributed by atoms with Crippen molar-refractivity contribution in [2.75, 3.05) is 26.2 Å². The minimum Gasteiger partial charge on any atom is -0.336 e. The molecule has 0 bridgehead atoms. The van der Waals surface area contributed by atoms with Crippen LogP contribution in [0.3, 0.4) is 0 Å². The Labute approximate surface area is 159 Å². The van der Waals surface area contributed by atoms with Gasteiger partial charge in [0, 0.05) is 38.8 Å². The molecule has 0 saturated carbocycles. The van der Waals surface area contributed by atoms with Gasteiger partial charge in [0.2, 0.25) is 0 Å². The average Bonchev–Trinajstić information content (AvgIpc) is 2.68. The number of piperazine rings is 1. The van der Waals surface area contributed by atoms with E-state index in [0.717, 1.165) is 19.6 Å². The third-order valence-corrected chi connectivity index (χ3v) is 5.04. The zero-order chi connectivity index (χ0) is 19.4. The Balaban J connectivity index is 1.59. The summed E-state index contributed by atoms with van der Waals surface area (Å²) in [6.07, 6.45) is 0. The number of hydrogen-bond donors (Lipinski definition) is 0. The highest BCUT2D eigenvalue weighted by molar-refractivity contribution is 5.98. The Morgan fingerprint density at radius 1 is 1.04 bits per heavy atom. The van der Waals surface area contributed by atoms with Gasteiger partial charge in [0.05, 0.1) is 4.92 Å². The van der Waals surface area contributed by atoms with Crippen LogP contribution in [0.1, 0.15) is 41.3 Å². The molecule has 1 aliphatic heterocycles. The second-order valence-corrected chi connectivity index (χ2v) is 7.24. The summed E-state index contributed by atoms with van der Waals surface area (Å²) in [6, 6.07) is 14.8. The van der Waals surface area contributed by atoms with Crippen molar-refractivity contribution in [3.8, 4) is 0 Å². The summed E-state index contributed by atoms with van der Waals surface area (Å²) in [4.78, 5) is 27.4. The lowest BCUT2D eigenvalue weighted by Gasteiger charge is -2.34. The van der Waals surface area contributed by atoms with Gasteiger partial charge in [-0.1, -0.05) is 50.2 Å². The fourth-order valence-corrected chi connectivity index (χ4v) is 3.36. The Kier molecular flexibility index (Phi) is 5.86. The molecule has 0 aliphatic carbocycles. The first-order valence-electron chi connectivity index (χ1n) is 9.29. The van der Waals surface area contributed by atoms with Gasteiger partial charge in [-0.15, -0.1) is 0 Å². The van der Waals surface area contributed by atoms with Crippen molar-refractivity contribution in [1.82, 2.24) is 9.80 Å². The SMILES string of the molecule is CC(C)c1ccc(CN2CCN(C(=O)c3ccccc3[N+](=O)[O-])CC2)cc1. The van der Waals surface area contributed by atoms with Crippen LogP contribution in [0.4, 0.5) is 5.69 Å². The summed E-state index contributed by atoms with van der Waals surface area (Å²) in [5, 5.41) is 11.2. The lowest BCUT2D eigenvalue weighted by molar-refractivity contribution is -0.385. The van der Waals surface area contributed by atoms with Crippen molar-refractivity contribution < 1.29 is 9.72 Å². The Morgan fingerprint density at radius 3 is 2.26 bits per heavy atom. The van der Waals surface area contributed by atoms with Crippen LogP contribution < -0.4 is 0 Å². The number of para-hydroxylation sites is 1. The second kappa shape index (κ2) is 8.31. The van der Waals surface area contributed by atoms with Crippen molar-refractivity contribution in [2.45, 2.75) is 26.3 Å². The topological polar surface area (TPSA) is 66.7 Å². The normalized spacial score (nSPS) is 15.1. The first-order chi connectivity index (χ1) is 13.0. The summed E-state index contributed by atoms with van der Waals surface area (Å²) in [5.74, 6) is 0.263. The summed E-state index contributed by atoms with van der Waals surface area (Å²) >= 11 is 0. The van der Waals surface area contributed by atoms with Crippen molar-refractivity contribution in [1.29, 1.82) is 0 Å². The second-order valence-electron chi connectivity index (χ2n) is 7.24. The quantitative estimate of drug-likeness (QED) is 0.597. The predicted molar refractivity (Wildman–Crippen MR) is 105 cm³/mol. The molecule has 0 N–H and O–H groups in total. The molecule has 1 heterocycles. The van der Waals surface area contributed by atoms with E-state index in [4.69, 9.17) is 0 Å². The molecule has 27 heavy (non-hydrogen) atoms. The molecule has 6 heteroatoms. The fourth-order valence-electron chi connectivity index (χ4n) is 3.36. The average molecular weight is 367 g/mol. The maximum absolute atomic E-state index is 12.7. The molecule has 6 nitrogen and oxygen atoms in total. The van der Waals surface area contributed by atoms with Gasteiger partial charge in [-0.2, -0.15) is 0 Å². The first kappa shape index (κ1) is 19.0. The number of rotatable bonds is 5. The summed E-state index contributed by atoms with van der Waals surface area (Å²) < 4.78 is 0. The van der Waals surface area contributed by atoms with Gasteiger partial charge in [-0.05, 0) is 23.1 Å². The summed E-state index contributed by atoms with van der Waals surface area (Å²) in [5.41, 5.74) is 2.63. The van der Waals surface area contributed by atoms with E-state index in [2.05, 4.69) is 43.0 Å². The molecule has 0 atom stereocenters. The van der Waals surface area contributed by atoms with Gasteiger partial charge in [-0.3, -0.25) is 19.8 Å². The van der Waals surface area contributed by atoms with E-state index in [1.165, 1.54) is 23.3 Å². The zero-order valence-electron chi connectivity index (χ0n) is 15.8. The highest BCUT2D eigenvalue weighted by atomic mass is 16.6. The van der Waals surface area contributed by atoms with Crippen molar-refractivity contribution in [2.24, 2.45) is 0 Å². The number of amides is 1. The predicted octanol–water partition coefficient (Wildman–Crippen LogP) is 3.68. The monoisotopic (exact) mass is 367 g/mol. The highest BCUT2D eigenvalue weighted by Crippen LogP contribution is 2.21. The summed E-state index contributed by atoms with van der Waals surface area (Å²) in [7, 11) is 0. The molecule has 1 amide bonds. The molecule has 3 rings (SSSR count). The van der Waals surface area contributed by atoms with Crippen LogP contribution >= 0.6 is 0 Å². The van der Waals surface area contributed by atoms with E-state index in [-0.39, 0.29) is 17.2 Å². The van der Waals surface area contributed by atoms with Gasteiger partial charge < -0.3 is 4.90 Å². The van der Waals surface area contributed by atoms with Crippen LogP contribution in [0.25, 0.3) is 0 Å². The van der Waals surface area contributed by atoms with E-state index in [0.29, 0.717) is 19.0 Å². The van der Waals surface area contributed by atoms with Gasteiger partial charge in [-0.25, -0.2) is 0 Å². The third kappa shape index (κ3) is 4.52. The maximum Gasteiger partial charge on any atom is 0.282 e. The lowest BCUT2D eigenvalue weighted by Crippen LogP contribution is -2.48. The molecule has 2 aromatic carbocycles. The van der Waals surface area contributed by atoms with Crippen molar-refractivity contribution in [3.63, 3.8) is 0 Å². The van der Waals surface area contributed by atoms with E-state index < -0.39 is 4.92 Å². The molecule has 142 valence electrons. The van der Waals surface area contributed by atoms with E-state index in [1.54, 1.807) is 17.0 Å². The summed E-state index contributed by atoms with van der Waals surface area (Å²) in [6.45, 7) is 7.90. The molecule has 1 saturated heterocycles. The molecule has 2 aromatic rings. The fraction of sp³-hybridized carbons (Fsp3) is 0.381. The standard InChI is InChI=1S/C21H25N3O3/c1-16(2)18-9-7-17(8-10-18)15-22-11-13-23(14-12-22)21(25)19-5-3-4-6-20(19)24(26)27/h3-10,16H,11-15H2,1-2H3. The maximum atomic E-state index is 12.7. The van der Waals surface area contributed by atoms with Crippen LogP contribution in [-0.4, -0.2) is 46.8 Å². The Hall–Kier alpha value is -2.73. The van der Waals surface area contributed by atoms with Gasteiger partial charge in [0.15, 0.2) is 0 Å². The van der Waals surface area contributed by atoms with Gasteiger partial charge >= 0.3 is 0 Å². The van der Waals surface area contributed by atoms with Crippen molar-refractivity contribution in [3.05, 3.63) is 75.3 Å². The largest absolute Gasteiger partial charge is 0.336 e. The minimum atomic E-state index is -0.496. The third-order valence-electron chi connectivity index (χ3n) is 5.04. The van der Waals surface area contributed by atoms with Crippen LogP contribution in [0, 0.1) is 10.1 Å². The Bertz CT molecular complexity index is 810. The number of benzene rings is 2. The van der Waals surface area contributed by atoms with Gasteiger partial charge in [0.1, 0.15) is 5.56 Å². The first-order valence-corrected chi connectivity index (χ1v) is 9.29. The highest BCUT2D eigenvalue weighted by Gasteiger charge is 2.27. The molecule has 0 spiro atoms. The molecular weight excluding hydrogens is 342 g/mol. The van der Waals surface area contributed by atoms with Crippen LogP contribution in [-0.2, 0) is 6.54 Å². The number of hydrogen-bond acceptors (Lipinski definition) is 4. The van der Waals surface area contributed by atoms with E-state index >= 15 is 0 Å². The Morgan fingerprint density at radius 2 is 1.67 bits per heavy atom. The number of nitro groups is 1. The lowest BCUT2D eigenvalue weighted by atomic mass is 10.0. The van der Waals surface area contributed by atoms with Crippen LogP contribution in [0.2, 0.25) is 0 Å². The van der Waals surface area contributed by atoms with Crippen LogP contribution in [0.5, 0.6) is 0 Å². The number of carbonyl (C=O) groups is 1. The molecule has 1 fully saturated rings. The minimum absolute atomic E-state index is 0.129. The molecule has 0 aromatic heterocycles. The van der Waals surface area contributed by atoms with E-state index in [9.17, 15) is 14.9 Å². The molecule has 0 unspecified atom stereocenters. The molecule has 1 aliphatic rings. The van der Waals surface area contributed by atoms with Crippen molar-refractivity contribution >= 4 is 11.6 Å². The van der Waals surface area contributed by atoms with Crippen LogP contribution in [0.15, 0.2) is 48.5 Å². The smallest absolute Gasteiger partial charge is 0.282 e. The van der Waals surface area contributed by atoms with E-state index in [1.807, 2.05) is 0 Å². The number of nitrogens with zero attached hydrogens (tertiary/aromatic N) is 3. The zero-order valence-corrected chi connectivity index (χ0v) is 15.8. The molecule has 0 radical (unpaired) electrons. The van der Waals surface area contributed by atoms with Gasteiger partial charge in [0.25, 0.3) is 11.6 Å². The number of nitro benzene ring substituents is 1. The molecular formula is C21H25N3O3. The number of carbonyl (C=O) groups excluding carboxylic acids is 1.